The SMILES string of the molecule is Cc1ccn(-c2ccc(-c3ccc(C=O)o3)cc2Cl)n1. The molecule has 0 aliphatic carbocycles. The second-order valence-corrected chi connectivity index (χ2v) is 4.79. The van der Waals surface area contributed by atoms with Crippen molar-refractivity contribution in [3.05, 3.63) is 59.1 Å². The molecular formula is C15H11ClN2O2. The van der Waals surface area contributed by atoms with Gasteiger partial charge in [-0.2, -0.15) is 5.10 Å². The molecule has 0 fully saturated rings. The largest absolute Gasteiger partial charge is 0.453 e. The van der Waals surface area contributed by atoms with Gasteiger partial charge in [-0.15, -0.1) is 0 Å². The van der Waals surface area contributed by atoms with Gasteiger partial charge in [-0.1, -0.05) is 11.6 Å². The predicted octanol–water partition coefficient (Wildman–Crippen LogP) is 3.91. The molecule has 0 atom stereocenters. The van der Waals surface area contributed by atoms with Crippen molar-refractivity contribution in [1.29, 1.82) is 0 Å². The molecule has 0 saturated heterocycles. The number of rotatable bonds is 3. The van der Waals surface area contributed by atoms with Crippen LogP contribution in [0, 0.1) is 6.92 Å². The van der Waals surface area contributed by atoms with Gasteiger partial charge in [-0.25, -0.2) is 4.68 Å². The topological polar surface area (TPSA) is 48.0 Å². The Hall–Kier alpha value is -2.33. The molecule has 0 bridgehead atoms. The van der Waals surface area contributed by atoms with E-state index in [2.05, 4.69) is 5.10 Å². The summed E-state index contributed by atoms with van der Waals surface area (Å²) in [5, 5.41) is 4.89. The number of furan rings is 1. The van der Waals surface area contributed by atoms with Gasteiger partial charge in [0.15, 0.2) is 12.0 Å². The van der Waals surface area contributed by atoms with E-state index in [1.54, 1.807) is 22.9 Å². The highest BCUT2D eigenvalue weighted by Crippen LogP contribution is 2.28. The highest BCUT2D eigenvalue weighted by molar-refractivity contribution is 6.32. The molecule has 3 rings (SSSR count). The predicted molar refractivity (Wildman–Crippen MR) is 76.4 cm³/mol. The van der Waals surface area contributed by atoms with Crippen LogP contribution < -0.4 is 0 Å². The molecule has 0 aliphatic heterocycles. The van der Waals surface area contributed by atoms with Gasteiger partial charge in [0.25, 0.3) is 0 Å². The molecule has 0 unspecified atom stereocenters. The van der Waals surface area contributed by atoms with Crippen molar-refractivity contribution < 1.29 is 9.21 Å². The molecular weight excluding hydrogens is 276 g/mol. The number of nitrogens with zero attached hydrogens (tertiary/aromatic N) is 2. The normalized spacial score (nSPS) is 10.7. The first-order chi connectivity index (χ1) is 9.67. The van der Waals surface area contributed by atoms with E-state index in [4.69, 9.17) is 16.0 Å². The Labute approximate surface area is 120 Å². The first-order valence-electron chi connectivity index (χ1n) is 6.05. The van der Waals surface area contributed by atoms with Crippen molar-refractivity contribution in [2.24, 2.45) is 0 Å². The summed E-state index contributed by atoms with van der Waals surface area (Å²) >= 11 is 6.29. The molecule has 0 aliphatic rings. The zero-order valence-corrected chi connectivity index (χ0v) is 11.5. The van der Waals surface area contributed by atoms with E-state index in [1.807, 2.05) is 31.3 Å². The van der Waals surface area contributed by atoms with Crippen LogP contribution in [0.2, 0.25) is 5.02 Å². The maximum absolute atomic E-state index is 10.6. The quantitative estimate of drug-likeness (QED) is 0.686. The van der Waals surface area contributed by atoms with Gasteiger partial charge in [0.1, 0.15) is 5.76 Å². The van der Waals surface area contributed by atoms with Gasteiger partial charge in [-0.3, -0.25) is 4.79 Å². The van der Waals surface area contributed by atoms with Crippen molar-refractivity contribution in [3.8, 4) is 17.0 Å². The van der Waals surface area contributed by atoms with E-state index in [-0.39, 0.29) is 0 Å². The molecule has 0 saturated carbocycles. The van der Waals surface area contributed by atoms with Crippen LogP contribution in [-0.2, 0) is 0 Å². The standard InChI is InChI=1S/C15H11ClN2O2/c1-10-6-7-18(17-10)14-4-2-11(8-13(14)16)15-5-3-12(9-19)20-15/h2-9H,1H3. The minimum absolute atomic E-state index is 0.294. The molecule has 20 heavy (non-hydrogen) atoms. The number of halogens is 1. The van der Waals surface area contributed by atoms with Crippen LogP contribution in [0.3, 0.4) is 0 Å². The third-order valence-electron chi connectivity index (χ3n) is 2.94. The van der Waals surface area contributed by atoms with E-state index < -0.39 is 0 Å². The van der Waals surface area contributed by atoms with Crippen LogP contribution in [0.5, 0.6) is 0 Å². The van der Waals surface area contributed by atoms with Gasteiger partial charge in [-0.05, 0) is 43.3 Å². The average molecular weight is 287 g/mol. The molecule has 0 spiro atoms. The molecule has 0 N–H and O–H groups in total. The van der Waals surface area contributed by atoms with E-state index in [0.717, 1.165) is 16.9 Å². The Bertz CT molecular complexity index is 774. The van der Waals surface area contributed by atoms with Crippen LogP contribution in [0.15, 0.2) is 47.0 Å². The molecule has 0 amide bonds. The van der Waals surface area contributed by atoms with Crippen LogP contribution in [0.4, 0.5) is 0 Å². The summed E-state index contributed by atoms with van der Waals surface area (Å²) in [5.74, 6) is 0.903. The molecule has 2 aromatic heterocycles. The molecule has 5 heteroatoms. The first-order valence-corrected chi connectivity index (χ1v) is 6.43. The Morgan fingerprint density at radius 2 is 2.10 bits per heavy atom. The number of hydrogen-bond donors (Lipinski definition) is 0. The smallest absolute Gasteiger partial charge is 0.185 e. The molecule has 2 heterocycles. The molecule has 100 valence electrons. The van der Waals surface area contributed by atoms with Crippen molar-refractivity contribution in [2.75, 3.05) is 0 Å². The van der Waals surface area contributed by atoms with Crippen molar-refractivity contribution in [3.63, 3.8) is 0 Å². The fourth-order valence-electron chi connectivity index (χ4n) is 1.97. The maximum atomic E-state index is 10.6. The lowest BCUT2D eigenvalue weighted by Crippen LogP contribution is -1.96. The number of hydrogen-bond acceptors (Lipinski definition) is 3. The number of aromatic nitrogens is 2. The fourth-order valence-corrected chi connectivity index (χ4v) is 2.23. The van der Waals surface area contributed by atoms with Gasteiger partial charge in [0.2, 0.25) is 0 Å². The Morgan fingerprint density at radius 3 is 2.70 bits per heavy atom. The minimum atomic E-state index is 0.294. The first kappa shape index (κ1) is 12.7. The average Bonchev–Trinajstić information content (AvgIpc) is 3.07. The fraction of sp³-hybridized carbons (Fsp3) is 0.0667. The summed E-state index contributed by atoms with van der Waals surface area (Å²) in [6.07, 6.45) is 2.53. The number of benzene rings is 1. The lowest BCUT2D eigenvalue weighted by molar-refractivity contribution is 0.110. The van der Waals surface area contributed by atoms with E-state index in [1.165, 1.54) is 0 Å². The van der Waals surface area contributed by atoms with Crippen molar-refractivity contribution >= 4 is 17.9 Å². The zero-order valence-electron chi connectivity index (χ0n) is 10.7. The van der Waals surface area contributed by atoms with E-state index in [0.29, 0.717) is 22.8 Å². The van der Waals surface area contributed by atoms with Crippen LogP contribution in [0.25, 0.3) is 17.0 Å². The van der Waals surface area contributed by atoms with E-state index >= 15 is 0 Å². The summed E-state index contributed by atoms with van der Waals surface area (Å²) in [6, 6.07) is 10.8. The summed E-state index contributed by atoms with van der Waals surface area (Å²) in [6.45, 7) is 1.92. The third-order valence-corrected chi connectivity index (χ3v) is 3.25. The highest BCUT2D eigenvalue weighted by atomic mass is 35.5. The van der Waals surface area contributed by atoms with Crippen LogP contribution in [-0.4, -0.2) is 16.1 Å². The van der Waals surface area contributed by atoms with Crippen LogP contribution in [0.1, 0.15) is 16.2 Å². The zero-order chi connectivity index (χ0) is 14.1. The van der Waals surface area contributed by atoms with Crippen molar-refractivity contribution in [1.82, 2.24) is 9.78 Å². The summed E-state index contributed by atoms with van der Waals surface area (Å²) in [4.78, 5) is 10.6. The van der Waals surface area contributed by atoms with Gasteiger partial charge in [0.05, 0.1) is 16.4 Å². The Kier molecular flexibility index (Phi) is 3.16. The number of aryl methyl sites for hydroxylation is 1. The Morgan fingerprint density at radius 1 is 1.25 bits per heavy atom. The summed E-state index contributed by atoms with van der Waals surface area (Å²) in [7, 11) is 0. The summed E-state index contributed by atoms with van der Waals surface area (Å²) in [5.41, 5.74) is 2.54. The van der Waals surface area contributed by atoms with Gasteiger partial charge >= 0.3 is 0 Å². The molecule has 3 aromatic rings. The van der Waals surface area contributed by atoms with E-state index in [9.17, 15) is 4.79 Å². The molecule has 1 aromatic carbocycles. The number of carbonyl (C=O) groups is 1. The lowest BCUT2D eigenvalue weighted by Gasteiger charge is -2.06. The second kappa shape index (κ2) is 4.98. The molecule has 0 radical (unpaired) electrons. The number of aldehydes is 1. The Balaban J connectivity index is 2.00. The van der Waals surface area contributed by atoms with Crippen LogP contribution >= 0.6 is 11.6 Å². The third kappa shape index (κ3) is 2.26. The number of carbonyl (C=O) groups excluding carboxylic acids is 1. The highest BCUT2D eigenvalue weighted by Gasteiger charge is 2.09. The lowest BCUT2D eigenvalue weighted by atomic mass is 10.1. The maximum Gasteiger partial charge on any atom is 0.185 e. The monoisotopic (exact) mass is 286 g/mol. The molecule has 4 nitrogen and oxygen atoms in total. The second-order valence-electron chi connectivity index (χ2n) is 4.39. The van der Waals surface area contributed by atoms with Crippen molar-refractivity contribution in [2.45, 2.75) is 6.92 Å². The summed E-state index contributed by atoms with van der Waals surface area (Å²) < 4.78 is 7.10. The minimum Gasteiger partial charge on any atom is -0.453 e. The van der Waals surface area contributed by atoms with Gasteiger partial charge in [0, 0.05) is 11.8 Å². The van der Waals surface area contributed by atoms with Gasteiger partial charge < -0.3 is 4.42 Å².